The van der Waals surface area contributed by atoms with Crippen LogP contribution in [-0.4, -0.2) is 15.9 Å². The molecule has 0 fully saturated rings. The van der Waals surface area contributed by atoms with E-state index in [-0.39, 0.29) is 6.04 Å². The van der Waals surface area contributed by atoms with Crippen molar-refractivity contribution in [2.45, 2.75) is 19.9 Å². The lowest BCUT2D eigenvalue weighted by atomic mass is 10.2. The Bertz CT molecular complexity index is 304. The molecule has 64 valence electrons. The fraction of sp³-hybridized carbons (Fsp3) is 0.500. The van der Waals surface area contributed by atoms with Crippen molar-refractivity contribution in [2.75, 3.05) is 0 Å². The number of hydrogen-bond acceptors (Lipinski definition) is 3. The summed E-state index contributed by atoms with van der Waals surface area (Å²) in [6, 6.07) is -0.157. The molecule has 1 atom stereocenters. The highest BCUT2D eigenvalue weighted by molar-refractivity contribution is 5.35. The maximum absolute atomic E-state index is 10.0. The highest BCUT2D eigenvalue weighted by Crippen LogP contribution is 2.18. The van der Waals surface area contributed by atoms with Gasteiger partial charge >= 0.3 is 0 Å². The fourth-order valence-corrected chi connectivity index (χ4v) is 1.30. The average molecular weight is 165 g/mol. The molecule has 0 aliphatic rings. The van der Waals surface area contributed by atoms with Crippen LogP contribution in [0.25, 0.3) is 0 Å². The van der Waals surface area contributed by atoms with Crippen LogP contribution in [0.4, 0.5) is 0 Å². The summed E-state index contributed by atoms with van der Waals surface area (Å²) in [4.78, 5) is 13.6. The van der Waals surface area contributed by atoms with E-state index in [9.17, 15) is 4.79 Å². The van der Waals surface area contributed by atoms with E-state index < -0.39 is 0 Å². The summed E-state index contributed by atoms with van der Waals surface area (Å²) in [6.07, 6.45) is 3.30. The first-order chi connectivity index (χ1) is 5.66. The summed E-state index contributed by atoms with van der Waals surface area (Å²) in [7, 11) is 1.83. The minimum absolute atomic E-state index is 0.157. The topological polar surface area (TPSA) is 47.2 Å². The molecule has 0 aliphatic heterocycles. The number of isocyanates is 1. The van der Waals surface area contributed by atoms with Crippen molar-refractivity contribution < 1.29 is 4.79 Å². The lowest BCUT2D eigenvalue weighted by Crippen LogP contribution is -2.01. The average Bonchev–Trinajstić information content (AvgIpc) is 2.32. The number of aryl methyl sites for hydroxylation is 2. The number of carbonyl (C=O) groups excluding carboxylic acids is 1. The predicted molar refractivity (Wildman–Crippen MR) is 44.5 cm³/mol. The van der Waals surface area contributed by atoms with Crippen molar-refractivity contribution in [3.8, 4) is 0 Å². The molecule has 4 nitrogen and oxygen atoms in total. The van der Waals surface area contributed by atoms with E-state index in [4.69, 9.17) is 0 Å². The van der Waals surface area contributed by atoms with Gasteiger partial charge in [0.05, 0.1) is 11.9 Å². The van der Waals surface area contributed by atoms with Gasteiger partial charge in [-0.2, -0.15) is 10.1 Å². The Balaban J connectivity index is 3.08. The second kappa shape index (κ2) is 3.32. The number of hydrogen-bond donors (Lipinski definition) is 0. The van der Waals surface area contributed by atoms with E-state index >= 15 is 0 Å². The van der Waals surface area contributed by atoms with Crippen molar-refractivity contribution >= 4 is 6.08 Å². The number of rotatable bonds is 2. The Hall–Kier alpha value is -1.41. The first kappa shape index (κ1) is 8.68. The van der Waals surface area contributed by atoms with Gasteiger partial charge in [-0.05, 0) is 19.4 Å². The number of nitrogens with zero attached hydrogens (tertiary/aromatic N) is 3. The molecule has 1 aromatic heterocycles. The van der Waals surface area contributed by atoms with Gasteiger partial charge in [0, 0.05) is 7.05 Å². The summed E-state index contributed by atoms with van der Waals surface area (Å²) in [5.41, 5.74) is 2.00. The van der Waals surface area contributed by atoms with Crippen LogP contribution in [0.2, 0.25) is 0 Å². The maximum Gasteiger partial charge on any atom is 0.235 e. The van der Waals surface area contributed by atoms with Crippen LogP contribution in [0.3, 0.4) is 0 Å². The van der Waals surface area contributed by atoms with Crippen LogP contribution >= 0.6 is 0 Å². The van der Waals surface area contributed by atoms with Gasteiger partial charge in [0.25, 0.3) is 0 Å². The summed E-state index contributed by atoms with van der Waals surface area (Å²) in [5, 5.41) is 4.05. The van der Waals surface area contributed by atoms with Gasteiger partial charge in [-0.1, -0.05) is 0 Å². The van der Waals surface area contributed by atoms with Crippen LogP contribution in [0, 0.1) is 6.92 Å². The summed E-state index contributed by atoms with van der Waals surface area (Å²) >= 11 is 0. The van der Waals surface area contributed by atoms with Crippen LogP contribution in [0.5, 0.6) is 0 Å². The zero-order valence-electron chi connectivity index (χ0n) is 7.40. The maximum atomic E-state index is 10.0. The van der Waals surface area contributed by atoms with E-state index in [0.29, 0.717) is 0 Å². The molecule has 12 heavy (non-hydrogen) atoms. The van der Waals surface area contributed by atoms with E-state index in [1.54, 1.807) is 17.0 Å². The van der Waals surface area contributed by atoms with E-state index in [2.05, 4.69) is 10.1 Å². The standard InChI is InChI=1S/C8H11N3O/c1-6-4-10-11(3)8(6)7(2)9-5-12/h4,7H,1-3H3. The molecule has 0 spiro atoms. The summed E-state index contributed by atoms with van der Waals surface area (Å²) < 4.78 is 1.72. The van der Waals surface area contributed by atoms with E-state index in [0.717, 1.165) is 11.3 Å². The summed E-state index contributed by atoms with van der Waals surface area (Å²) in [5.74, 6) is 0. The van der Waals surface area contributed by atoms with Crippen molar-refractivity contribution in [3.63, 3.8) is 0 Å². The minimum Gasteiger partial charge on any atom is -0.270 e. The first-order valence-corrected chi connectivity index (χ1v) is 3.72. The molecule has 0 aromatic carbocycles. The molecule has 0 radical (unpaired) electrons. The van der Waals surface area contributed by atoms with Gasteiger partial charge in [-0.25, -0.2) is 4.79 Å². The van der Waals surface area contributed by atoms with Gasteiger partial charge < -0.3 is 0 Å². The molecule has 4 heteroatoms. The quantitative estimate of drug-likeness (QED) is 0.487. The molecule has 0 saturated carbocycles. The Morgan fingerprint density at radius 2 is 2.42 bits per heavy atom. The van der Waals surface area contributed by atoms with Crippen LogP contribution in [0.15, 0.2) is 11.2 Å². The third kappa shape index (κ3) is 1.43. The predicted octanol–water partition coefficient (Wildman–Crippen LogP) is 1.13. The van der Waals surface area contributed by atoms with Gasteiger partial charge in [-0.3, -0.25) is 4.68 Å². The normalized spacial score (nSPS) is 12.2. The molecule has 1 aromatic rings. The third-order valence-corrected chi connectivity index (χ3v) is 1.82. The Labute approximate surface area is 70.9 Å². The Morgan fingerprint density at radius 1 is 1.75 bits per heavy atom. The van der Waals surface area contributed by atoms with Gasteiger partial charge in [0.2, 0.25) is 6.08 Å². The summed E-state index contributed by atoms with van der Waals surface area (Å²) in [6.45, 7) is 3.79. The van der Waals surface area contributed by atoms with Crippen molar-refractivity contribution in [1.29, 1.82) is 0 Å². The van der Waals surface area contributed by atoms with Gasteiger partial charge in [0.15, 0.2) is 0 Å². The molecular formula is C8H11N3O. The smallest absolute Gasteiger partial charge is 0.235 e. The fourth-order valence-electron chi connectivity index (χ4n) is 1.30. The first-order valence-electron chi connectivity index (χ1n) is 3.72. The van der Waals surface area contributed by atoms with Crippen molar-refractivity contribution in [2.24, 2.45) is 12.0 Å². The molecular weight excluding hydrogens is 154 g/mol. The van der Waals surface area contributed by atoms with Crippen LogP contribution in [0.1, 0.15) is 24.2 Å². The van der Waals surface area contributed by atoms with Crippen LogP contribution < -0.4 is 0 Å². The van der Waals surface area contributed by atoms with E-state index in [1.807, 2.05) is 20.9 Å². The largest absolute Gasteiger partial charge is 0.270 e. The molecule has 1 unspecified atom stereocenters. The molecule has 0 amide bonds. The van der Waals surface area contributed by atoms with Gasteiger partial charge in [0.1, 0.15) is 6.04 Å². The molecule has 0 N–H and O–H groups in total. The lowest BCUT2D eigenvalue weighted by molar-refractivity contribution is 0.556. The third-order valence-electron chi connectivity index (χ3n) is 1.82. The second-order valence-corrected chi connectivity index (χ2v) is 2.73. The SMILES string of the molecule is Cc1cnn(C)c1C(C)N=C=O. The lowest BCUT2D eigenvalue weighted by Gasteiger charge is -2.05. The highest BCUT2D eigenvalue weighted by atomic mass is 16.1. The van der Waals surface area contributed by atoms with Crippen molar-refractivity contribution in [3.05, 3.63) is 17.5 Å². The number of aromatic nitrogens is 2. The number of aliphatic imine (C=N–C) groups is 1. The minimum atomic E-state index is -0.157. The second-order valence-electron chi connectivity index (χ2n) is 2.73. The monoisotopic (exact) mass is 165 g/mol. The molecule has 1 rings (SSSR count). The Morgan fingerprint density at radius 3 is 2.83 bits per heavy atom. The molecule has 1 heterocycles. The van der Waals surface area contributed by atoms with Crippen molar-refractivity contribution in [1.82, 2.24) is 9.78 Å². The zero-order valence-corrected chi connectivity index (χ0v) is 7.40. The molecule has 0 aliphatic carbocycles. The zero-order chi connectivity index (χ0) is 9.14. The van der Waals surface area contributed by atoms with E-state index in [1.165, 1.54) is 0 Å². The van der Waals surface area contributed by atoms with Crippen LogP contribution in [-0.2, 0) is 11.8 Å². The highest BCUT2D eigenvalue weighted by Gasteiger charge is 2.11. The molecule has 0 saturated heterocycles. The Kier molecular flexibility index (Phi) is 2.41. The van der Waals surface area contributed by atoms with Gasteiger partial charge in [-0.15, -0.1) is 0 Å². The molecule has 0 bridgehead atoms.